The molecule has 7 heteroatoms. The van der Waals surface area contributed by atoms with Crippen LogP contribution in [0, 0.1) is 6.92 Å². The molecule has 1 heterocycles. The van der Waals surface area contributed by atoms with Gasteiger partial charge in [0.1, 0.15) is 0 Å². The maximum absolute atomic E-state index is 12.8. The van der Waals surface area contributed by atoms with E-state index < -0.39 is 6.03 Å². The SMILES string of the molecule is Cc1cc(NC(=O)NN(c2ccccc2)c2cccc(N)c2)ccc1N1CCCCC1=O. The minimum absolute atomic E-state index is 0.151. The van der Waals surface area contributed by atoms with Gasteiger partial charge in [-0.3, -0.25) is 9.80 Å². The monoisotopic (exact) mass is 429 g/mol. The number of amides is 3. The van der Waals surface area contributed by atoms with Crippen molar-refractivity contribution >= 4 is 40.4 Å². The number of carbonyl (C=O) groups is 2. The van der Waals surface area contributed by atoms with Crippen LogP contribution in [0.1, 0.15) is 24.8 Å². The predicted molar refractivity (Wildman–Crippen MR) is 129 cm³/mol. The van der Waals surface area contributed by atoms with E-state index in [1.54, 1.807) is 17.1 Å². The van der Waals surface area contributed by atoms with Gasteiger partial charge in [0.15, 0.2) is 0 Å². The lowest BCUT2D eigenvalue weighted by molar-refractivity contribution is -0.119. The number of aryl methyl sites for hydroxylation is 1. The molecule has 3 amide bonds. The molecule has 1 aliphatic rings. The lowest BCUT2D eigenvalue weighted by Crippen LogP contribution is -2.41. The summed E-state index contributed by atoms with van der Waals surface area (Å²) in [6, 6.07) is 22.0. The Hall–Kier alpha value is -4.00. The molecule has 0 saturated carbocycles. The van der Waals surface area contributed by atoms with E-state index >= 15 is 0 Å². The largest absolute Gasteiger partial charge is 0.399 e. The highest BCUT2D eigenvalue weighted by Crippen LogP contribution is 2.28. The molecule has 3 aromatic rings. The minimum Gasteiger partial charge on any atom is -0.399 e. The first kappa shape index (κ1) is 21.2. The van der Waals surface area contributed by atoms with E-state index in [4.69, 9.17) is 5.73 Å². The molecule has 1 aliphatic heterocycles. The fourth-order valence-electron chi connectivity index (χ4n) is 3.88. The Bertz CT molecular complexity index is 1120. The van der Waals surface area contributed by atoms with E-state index in [0.29, 0.717) is 17.8 Å². The molecule has 164 valence electrons. The van der Waals surface area contributed by atoms with Crippen LogP contribution in [0.15, 0.2) is 72.8 Å². The van der Waals surface area contributed by atoms with Crippen LogP contribution in [-0.2, 0) is 4.79 Å². The molecule has 0 spiro atoms. The summed E-state index contributed by atoms with van der Waals surface area (Å²) < 4.78 is 0. The molecular formula is C25H27N5O2. The van der Waals surface area contributed by atoms with Gasteiger partial charge >= 0.3 is 6.03 Å². The maximum atomic E-state index is 12.8. The van der Waals surface area contributed by atoms with Crippen molar-refractivity contribution < 1.29 is 9.59 Å². The van der Waals surface area contributed by atoms with Gasteiger partial charge in [-0.25, -0.2) is 10.2 Å². The number of anilines is 5. The first-order chi connectivity index (χ1) is 15.5. The van der Waals surface area contributed by atoms with Crippen molar-refractivity contribution in [2.45, 2.75) is 26.2 Å². The normalized spacial score (nSPS) is 13.5. The Morgan fingerprint density at radius 3 is 2.47 bits per heavy atom. The van der Waals surface area contributed by atoms with Crippen molar-refractivity contribution in [1.82, 2.24) is 5.43 Å². The average molecular weight is 430 g/mol. The summed E-state index contributed by atoms with van der Waals surface area (Å²) in [7, 11) is 0. The number of nitrogens with zero attached hydrogens (tertiary/aromatic N) is 2. The third kappa shape index (κ3) is 4.83. The van der Waals surface area contributed by atoms with E-state index in [2.05, 4.69) is 10.7 Å². The molecule has 1 saturated heterocycles. The summed E-state index contributed by atoms with van der Waals surface area (Å²) in [5, 5.41) is 4.56. The Kier molecular flexibility index (Phi) is 6.26. The smallest absolute Gasteiger partial charge is 0.338 e. The Morgan fingerprint density at radius 2 is 1.75 bits per heavy atom. The zero-order valence-electron chi connectivity index (χ0n) is 18.0. The highest BCUT2D eigenvalue weighted by Gasteiger charge is 2.21. The van der Waals surface area contributed by atoms with Gasteiger partial charge in [-0.15, -0.1) is 0 Å². The van der Waals surface area contributed by atoms with Crippen LogP contribution in [0.2, 0.25) is 0 Å². The lowest BCUT2D eigenvalue weighted by Gasteiger charge is -2.28. The number of nitrogens with two attached hydrogens (primary N) is 1. The van der Waals surface area contributed by atoms with E-state index in [1.807, 2.05) is 72.5 Å². The highest BCUT2D eigenvalue weighted by molar-refractivity contribution is 5.96. The highest BCUT2D eigenvalue weighted by atomic mass is 16.2. The van der Waals surface area contributed by atoms with Gasteiger partial charge < -0.3 is 16.0 Å². The van der Waals surface area contributed by atoms with Crippen molar-refractivity contribution in [2.75, 3.05) is 27.5 Å². The molecule has 0 radical (unpaired) electrons. The average Bonchev–Trinajstić information content (AvgIpc) is 2.79. The summed E-state index contributed by atoms with van der Waals surface area (Å²) in [5.41, 5.74) is 13.5. The second-order valence-corrected chi connectivity index (χ2v) is 7.84. The fourth-order valence-corrected chi connectivity index (χ4v) is 3.88. The summed E-state index contributed by atoms with van der Waals surface area (Å²) in [6.45, 7) is 2.68. The molecule has 3 aromatic carbocycles. The number of para-hydroxylation sites is 1. The zero-order chi connectivity index (χ0) is 22.5. The molecule has 0 aromatic heterocycles. The lowest BCUT2D eigenvalue weighted by atomic mass is 10.1. The molecule has 4 rings (SSSR count). The minimum atomic E-state index is -0.391. The van der Waals surface area contributed by atoms with Gasteiger partial charge in [0.05, 0.1) is 11.4 Å². The van der Waals surface area contributed by atoms with Gasteiger partial charge in [-0.1, -0.05) is 24.3 Å². The zero-order valence-corrected chi connectivity index (χ0v) is 18.0. The number of urea groups is 1. The van der Waals surface area contributed by atoms with Crippen LogP contribution >= 0.6 is 0 Å². The van der Waals surface area contributed by atoms with E-state index in [-0.39, 0.29) is 5.91 Å². The standard InChI is InChI=1S/C25H27N5O2/c1-18-16-20(13-14-23(18)29-15-6-5-12-24(29)31)27-25(32)28-30(21-9-3-2-4-10-21)22-11-7-8-19(26)17-22/h2-4,7-11,13-14,16-17H,5-6,12,15,26H2,1H3,(H2,27,28,32). The first-order valence-corrected chi connectivity index (χ1v) is 10.7. The van der Waals surface area contributed by atoms with Crippen LogP contribution in [0.3, 0.4) is 0 Å². The van der Waals surface area contributed by atoms with Gasteiger partial charge in [0.2, 0.25) is 5.91 Å². The quantitative estimate of drug-likeness (QED) is 0.395. The summed E-state index contributed by atoms with van der Waals surface area (Å²) in [6.07, 6.45) is 2.53. The van der Waals surface area contributed by atoms with Gasteiger partial charge in [0, 0.05) is 30.0 Å². The molecule has 7 nitrogen and oxygen atoms in total. The molecule has 1 fully saturated rings. The Labute approximate surface area is 187 Å². The summed E-state index contributed by atoms with van der Waals surface area (Å²) in [5.74, 6) is 0.151. The third-order valence-electron chi connectivity index (χ3n) is 5.43. The molecule has 0 atom stereocenters. The molecule has 0 aliphatic carbocycles. The van der Waals surface area contributed by atoms with E-state index in [0.717, 1.165) is 42.0 Å². The number of nitrogens with one attached hydrogen (secondary N) is 2. The molecule has 4 N–H and O–H groups in total. The number of hydrogen-bond acceptors (Lipinski definition) is 4. The first-order valence-electron chi connectivity index (χ1n) is 10.7. The topological polar surface area (TPSA) is 90.7 Å². The number of nitrogen functional groups attached to an aromatic ring is 1. The number of piperidine rings is 1. The van der Waals surface area contributed by atoms with Crippen molar-refractivity contribution in [3.63, 3.8) is 0 Å². The van der Waals surface area contributed by atoms with Crippen LogP contribution in [0.4, 0.5) is 33.2 Å². The molecular weight excluding hydrogens is 402 g/mol. The molecule has 0 unspecified atom stereocenters. The van der Waals surface area contributed by atoms with Crippen LogP contribution in [0.5, 0.6) is 0 Å². The van der Waals surface area contributed by atoms with Crippen LogP contribution < -0.4 is 26.4 Å². The molecule has 0 bridgehead atoms. The van der Waals surface area contributed by atoms with Gasteiger partial charge in [0.25, 0.3) is 0 Å². The summed E-state index contributed by atoms with van der Waals surface area (Å²) in [4.78, 5) is 26.9. The van der Waals surface area contributed by atoms with E-state index in [9.17, 15) is 9.59 Å². The number of hydrazine groups is 1. The van der Waals surface area contributed by atoms with Crippen molar-refractivity contribution in [3.8, 4) is 0 Å². The summed E-state index contributed by atoms with van der Waals surface area (Å²) >= 11 is 0. The number of benzene rings is 3. The Morgan fingerprint density at radius 1 is 0.969 bits per heavy atom. The van der Waals surface area contributed by atoms with Gasteiger partial charge in [-0.2, -0.15) is 0 Å². The van der Waals surface area contributed by atoms with E-state index in [1.165, 1.54) is 0 Å². The maximum Gasteiger partial charge on any atom is 0.338 e. The van der Waals surface area contributed by atoms with Crippen molar-refractivity contribution in [1.29, 1.82) is 0 Å². The van der Waals surface area contributed by atoms with Crippen molar-refractivity contribution in [3.05, 3.63) is 78.4 Å². The van der Waals surface area contributed by atoms with Crippen molar-refractivity contribution in [2.24, 2.45) is 0 Å². The molecule has 32 heavy (non-hydrogen) atoms. The van der Waals surface area contributed by atoms with Gasteiger partial charge in [-0.05, 0) is 73.9 Å². The van der Waals surface area contributed by atoms with Crippen LogP contribution in [0.25, 0.3) is 0 Å². The number of carbonyl (C=O) groups excluding carboxylic acids is 2. The Balaban J connectivity index is 1.51. The number of hydrogen-bond donors (Lipinski definition) is 3. The third-order valence-corrected chi connectivity index (χ3v) is 5.43. The second-order valence-electron chi connectivity index (χ2n) is 7.84. The number of rotatable bonds is 5. The fraction of sp³-hybridized carbons (Fsp3) is 0.200. The van der Waals surface area contributed by atoms with Crippen LogP contribution in [-0.4, -0.2) is 18.5 Å². The predicted octanol–water partition coefficient (Wildman–Crippen LogP) is 4.97. The second kappa shape index (κ2) is 9.43.